The molecule has 0 aromatic carbocycles. The second kappa shape index (κ2) is 8.64. The van der Waals surface area contributed by atoms with Crippen molar-refractivity contribution in [3.63, 3.8) is 0 Å². The summed E-state index contributed by atoms with van der Waals surface area (Å²) < 4.78 is 5.30. The number of ketones is 1. The van der Waals surface area contributed by atoms with Crippen LogP contribution >= 0.6 is 0 Å². The summed E-state index contributed by atoms with van der Waals surface area (Å²) in [5, 5.41) is 0. The molecule has 0 amide bonds. The topological polar surface area (TPSA) is 43.4 Å². The molecule has 2 aliphatic carbocycles. The van der Waals surface area contributed by atoms with Crippen LogP contribution in [0.2, 0.25) is 0 Å². The monoisotopic (exact) mass is 344 g/mol. The third-order valence-electron chi connectivity index (χ3n) is 5.44. The molecule has 25 heavy (non-hydrogen) atoms. The lowest BCUT2D eigenvalue weighted by Crippen LogP contribution is -2.43. The van der Waals surface area contributed by atoms with E-state index in [-0.39, 0.29) is 17.7 Å². The molecule has 0 N–H and O–H groups in total. The van der Waals surface area contributed by atoms with E-state index in [1.54, 1.807) is 0 Å². The summed E-state index contributed by atoms with van der Waals surface area (Å²) in [6, 6.07) is 0. The minimum Gasteiger partial charge on any atom is -0.450 e. The number of Topliss-reactive ketones (excluding diaryl/α,β-unsaturated/α-hetero) is 1. The Morgan fingerprint density at radius 3 is 2.68 bits per heavy atom. The predicted molar refractivity (Wildman–Crippen MR) is 101 cm³/mol. The fourth-order valence-electron chi connectivity index (χ4n) is 4.01. The molecule has 2 rings (SSSR count). The largest absolute Gasteiger partial charge is 0.450 e. The van der Waals surface area contributed by atoms with Gasteiger partial charge in [-0.3, -0.25) is 9.59 Å². The van der Waals surface area contributed by atoms with Gasteiger partial charge in [0.1, 0.15) is 0 Å². The maximum absolute atomic E-state index is 12.7. The van der Waals surface area contributed by atoms with Crippen molar-refractivity contribution in [1.29, 1.82) is 0 Å². The maximum atomic E-state index is 12.7. The normalized spacial score (nSPS) is 26.9. The Hall–Kier alpha value is -1.64. The van der Waals surface area contributed by atoms with Crippen LogP contribution in [0.3, 0.4) is 0 Å². The minimum atomic E-state index is -0.619. The Kier molecular flexibility index (Phi) is 6.80. The van der Waals surface area contributed by atoms with E-state index >= 15 is 0 Å². The van der Waals surface area contributed by atoms with Crippen molar-refractivity contribution in [2.75, 3.05) is 0 Å². The van der Waals surface area contributed by atoms with Gasteiger partial charge in [0.25, 0.3) is 0 Å². The summed E-state index contributed by atoms with van der Waals surface area (Å²) in [5.74, 6) is 0.406. The minimum absolute atomic E-state index is 0.0452. The molecule has 0 heterocycles. The first-order valence-corrected chi connectivity index (χ1v) is 9.54. The van der Waals surface area contributed by atoms with Crippen molar-refractivity contribution >= 4 is 11.8 Å². The number of carbonyl (C=O) groups excluding carboxylic acids is 2. The number of carbonyl (C=O) groups is 2. The van der Waals surface area contributed by atoms with E-state index in [4.69, 9.17) is 4.74 Å². The number of ether oxygens (including phenoxy) is 1. The molecule has 138 valence electrons. The van der Waals surface area contributed by atoms with Gasteiger partial charge in [0, 0.05) is 12.5 Å². The van der Waals surface area contributed by atoms with Gasteiger partial charge < -0.3 is 4.74 Å². The average Bonchev–Trinajstić information content (AvgIpc) is 2.60. The first kappa shape index (κ1) is 19.7. The summed E-state index contributed by atoms with van der Waals surface area (Å²) >= 11 is 0. The standard InChI is InChI=1S/C22H32O3/c1-14(2)8-6-10-16(4)18-13-12-15(3)9-7-11-19-20(18)21(24)22(19)25-17(5)23/h8-9,16,18,22H,6-7,10-13H2,1-5H3/b15-9+/t16-,18?,22-/m0/s1. The van der Waals surface area contributed by atoms with E-state index in [1.165, 1.54) is 18.1 Å². The predicted octanol–water partition coefficient (Wildman–Crippen LogP) is 5.32. The van der Waals surface area contributed by atoms with Crippen LogP contribution in [-0.2, 0) is 14.3 Å². The van der Waals surface area contributed by atoms with Crippen LogP contribution in [0, 0.1) is 11.8 Å². The molecule has 0 aromatic rings. The van der Waals surface area contributed by atoms with Crippen molar-refractivity contribution in [2.45, 2.75) is 79.2 Å². The third-order valence-corrected chi connectivity index (χ3v) is 5.44. The maximum Gasteiger partial charge on any atom is 0.303 e. The summed E-state index contributed by atoms with van der Waals surface area (Å²) in [7, 11) is 0. The number of allylic oxidation sites excluding steroid dienone is 4. The summed E-state index contributed by atoms with van der Waals surface area (Å²) in [4.78, 5) is 24.1. The molecule has 0 spiro atoms. The first-order chi connectivity index (χ1) is 11.8. The van der Waals surface area contributed by atoms with Crippen LogP contribution in [0.4, 0.5) is 0 Å². The quantitative estimate of drug-likeness (QED) is 0.501. The van der Waals surface area contributed by atoms with Gasteiger partial charge in [-0.25, -0.2) is 0 Å². The van der Waals surface area contributed by atoms with Crippen molar-refractivity contribution in [2.24, 2.45) is 11.8 Å². The molecule has 1 unspecified atom stereocenters. The molecule has 0 bridgehead atoms. The van der Waals surface area contributed by atoms with Crippen molar-refractivity contribution < 1.29 is 14.3 Å². The van der Waals surface area contributed by atoms with Crippen molar-refractivity contribution in [3.05, 3.63) is 34.4 Å². The van der Waals surface area contributed by atoms with Crippen LogP contribution in [0.1, 0.15) is 73.1 Å². The molecule has 3 nitrogen and oxygen atoms in total. The third kappa shape index (κ3) is 4.93. The van der Waals surface area contributed by atoms with Crippen LogP contribution in [0.25, 0.3) is 0 Å². The fraction of sp³-hybridized carbons (Fsp3) is 0.636. The zero-order valence-corrected chi connectivity index (χ0v) is 16.4. The summed E-state index contributed by atoms with van der Waals surface area (Å²) in [6.07, 6.45) is 9.87. The molecule has 3 heteroatoms. The summed E-state index contributed by atoms with van der Waals surface area (Å²) in [5.41, 5.74) is 4.79. The second-order valence-corrected chi connectivity index (χ2v) is 7.86. The van der Waals surface area contributed by atoms with Gasteiger partial charge in [-0.05, 0) is 76.7 Å². The van der Waals surface area contributed by atoms with Gasteiger partial charge in [0.2, 0.25) is 5.78 Å². The molecule has 0 radical (unpaired) electrons. The second-order valence-electron chi connectivity index (χ2n) is 7.86. The Morgan fingerprint density at radius 2 is 2.04 bits per heavy atom. The number of esters is 1. The number of rotatable bonds is 5. The van der Waals surface area contributed by atoms with E-state index in [1.807, 2.05) is 0 Å². The highest BCUT2D eigenvalue weighted by Gasteiger charge is 2.45. The van der Waals surface area contributed by atoms with Gasteiger partial charge in [0.15, 0.2) is 6.10 Å². The molecular weight excluding hydrogens is 312 g/mol. The van der Waals surface area contributed by atoms with Crippen LogP contribution in [0.15, 0.2) is 34.4 Å². The van der Waals surface area contributed by atoms with Crippen molar-refractivity contribution in [3.8, 4) is 0 Å². The molecule has 2 aliphatic rings. The smallest absolute Gasteiger partial charge is 0.303 e. The lowest BCUT2D eigenvalue weighted by molar-refractivity contribution is -0.152. The Bertz CT molecular complexity index is 617. The molecule has 0 aromatic heterocycles. The summed E-state index contributed by atoms with van der Waals surface area (Å²) in [6.45, 7) is 10.1. The van der Waals surface area contributed by atoms with E-state index in [9.17, 15) is 9.59 Å². The highest BCUT2D eigenvalue weighted by molar-refractivity contribution is 6.10. The Balaban J connectivity index is 2.23. The number of hydrogen-bond acceptors (Lipinski definition) is 3. The molecule has 3 atom stereocenters. The lowest BCUT2D eigenvalue weighted by atomic mass is 9.69. The highest BCUT2D eigenvalue weighted by Crippen LogP contribution is 2.43. The van der Waals surface area contributed by atoms with Gasteiger partial charge in [-0.15, -0.1) is 0 Å². The molecule has 0 fully saturated rings. The zero-order valence-electron chi connectivity index (χ0n) is 16.4. The molecular formula is C22H32O3. The fourth-order valence-corrected chi connectivity index (χ4v) is 4.01. The van der Waals surface area contributed by atoms with E-state index in [2.05, 4.69) is 39.8 Å². The van der Waals surface area contributed by atoms with Gasteiger partial charge in [-0.1, -0.05) is 30.2 Å². The van der Waals surface area contributed by atoms with Crippen LogP contribution in [0.5, 0.6) is 0 Å². The van der Waals surface area contributed by atoms with Gasteiger partial charge in [-0.2, -0.15) is 0 Å². The van der Waals surface area contributed by atoms with Crippen LogP contribution in [-0.4, -0.2) is 17.9 Å². The number of hydrogen-bond donors (Lipinski definition) is 0. The highest BCUT2D eigenvalue weighted by atomic mass is 16.5. The van der Waals surface area contributed by atoms with Gasteiger partial charge in [0.05, 0.1) is 0 Å². The Morgan fingerprint density at radius 1 is 1.32 bits per heavy atom. The molecule has 0 saturated heterocycles. The first-order valence-electron chi connectivity index (χ1n) is 9.54. The molecule has 0 saturated carbocycles. The van der Waals surface area contributed by atoms with Gasteiger partial charge >= 0.3 is 5.97 Å². The van der Waals surface area contributed by atoms with Crippen molar-refractivity contribution in [1.82, 2.24) is 0 Å². The Labute approximate surface area is 152 Å². The van der Waals surface area contributed by atoms with E-state index in [0.717, 1.165) is 49.7 Å². The average molecular weight is 344 g/mol. The van der Waals surface area contributed by atoms with E-state index < -0.39 is 6.10 Å². The lowest BCUT2D eigenvalue weighted by Gasteiger charge is -2.37. The van der Waals surface area contributed by atoms with E-state index in [0.29, 0.717) is 5.92 Å². The zero-order chi connectivity index (χ0) is 18.6. The molecule has 0 aliphatic heterocycles. The SMILES string of the molecule is CC(=O)O[C@@H]1C(=O)C2=C1CC/C=C(\C)CCC2[C@@H](C)CCC=C(C)C. The van der Waals surface area contributed by atoms with Crippen LogP contribution < -0.4 is 0 Å².